The summed E-state index contributed by atoms with van der Waals surface area (Å²) < 4.78 is 2.08. The molecule has 2 aromatic heterocycles. The van der Waals surface area contributed by atoms with Crippen LogP contribution in [-0.2, 0) is 0 Å². The zero-order valence-corrected chi connectivity index (χ0v) is 13.2. The molecule has 0 aliphatic heterocycles. The van der Waals surface area contributed by atoms with Crippen LogP contribution in [0.15, 0.2) is 29.8 Å². The molecule has 2 atom stereocenters. The van der Waals surface area contributed by atoms with Crippen LogP contribution in [-0.4, -0.2) is 14.5 Å². The molecule has 0 aliphatic rings. The van der Waals surface area contributed by atoms with Gasteiger partial charge in [-0.15, -0.1) is 22.9 Å². The fourth-order valence-electron chi connectivity index (χ4n) is 2.42. The first kappa shape index (κ1) is 14.1. The number of nitriles is 1. The molecule has 0 N–H and O–H groups in total. The van der Waals surface area contributed by atoms with Crippen molar-refractivity contribution in [2.45, 2.75) is 25.3 Å². The topological polar surface area (TPSA) is 54.5 Å². The second-order valence-electron chi connectivity index (χ2n) is 4.82. The summed E-state index contributed by atoms with van der Waals surface area (Å²) in [5, 5.41) is 11.8. The maximum atomic E-state index is 9.11. The van der Waals surface area contributed by atoms with Crippen molar-refractivity contribution in [3.63, 3.8) is 0 Å². The Balaban J connectivity index is 2.27. The number of aromatic nitrogens is 3. The van der Waals surface area contributed by atoms with Crippen molar-refractivity contribution in [2.75, 3.05) is 0 Å². The van der Waals surface area contributed by atoms with Gasteiger partial charge in [-0.1, -0.05) is 0 Å². The van der Waals surface area contributed by atoms with Crippen LogP contribution in [0.2, 0.25) is 0 Å². The van der Waals surface area contributed by atoms with E-state index in [0.717, 1.165) is 21.9 Å². The summed E-state index contributed by atoms with van der Waals surface area (Å²) in [4.78, 5) is 9.00. The Labute approximate surface area is 131 Å². The molecule has 0 amide bonds. The first-order valence-electron chi connectivity index (χ1n) is 6.57. The standard InChI is InChI=1S/C15H13ClN4S/c1-9(16)14-19-12-4-3-11(8-17)7-13(12)20(14)10(2)15-18-5-6-21-15/h3-7,9-10H,1-2H3. The third-order valence-electron chi connectivity index (χ3n) is 3.40. The Morgan fingerprint density at radius 2 is 2.19 bits per heavy atom. The lowest BCUT2D eigenvalue weighted by molar-refractivity contribution is 0.615. The summed E-state index contributed by atoms with van der Waals surface area (Å²) in [5.74, 6) is 0.796. The SMILES string of the molecule is CC(Cl)c1nc2ccc(C#N)cc2n1C(C)c1nccs1. The van der Waals surface area contributed by atoms with Crippen LogP contribution in [0.4, 0.5) is 0 Å². The Morgan fingerprint density at radius 3 is 2.81 bits per heavy atom. The zero-order valence-electron chi connectivity index (χ0n) is 11.6. The summed E-state index contributed by atoms with van der Waals surface area (Å²) in [6, 6.07) is 7.69. The van der Waals surface area contributed by atoms with Crippen LogP contribution in [0.25, 0.3) is 11.0 Å². The highest BCUT2D eigenvalue weighted by molar-refractivity contribution is 7.09. The van der Waals surface area contributed by atoms with Gasteiger partial charge in [0, 0.05) is 11.6 Å². The molecule has 0 saturated carbocycles. The summed E-state index contributed by atoms with van der Waals surface area (Å²) in [7, 11) is 0. The van der Waals surface area contributed by atoms with Crippen molar-refractivity contribution in [3.05, 3.63) is 46.2 Å². The van der Waals surface area contributed by atoms with Crippen molar-refractivity contribution >= 4 is 34.0 Å². The van der Waals surface area contributed by atoms with Gasteiger partial charge in [-0.25, -0.2) is 9.97 Å². The van der Waals surface area contributed by atoms with Gasteiger partial charge in [-0.3, -0.25) is 0 Å². The third kappa shape index (κ3) is 2.41. The minimum Gasteiger partial charge on any atom is -0.317 e. The van der Waals surface area contributed by atoms with Crippen molar-refractivity contribution in [3.8, 4) is 6.07 Å². The predicted molar refractivity (Wildman–Crippen MR) is 84.6 cm³/mol. The van der Waals surface area contributed by atoms with Gasteiger partial charge in [-0.05, 0) is 32.0 Å². The first-order valence-corrected chi connectivity index (χ1v) is 7.89. The normalized spacial score (nSPS) is 14.0. The second kappa shape index (κ2) is 5.47. The Morgan fingerprint density at radius 1 is 1.38 bits per heavy atom. The molecule has 1 aromatic carbocycles. The molecule has 0 aliphatic carbocycles. The van der Waals surface area contributed by atoms with Crippen molar-refractivity contribution < 1.29 is 0 Å². The lowest BCUT2D eigenvalue weighted by Gasteiger charge is -2.16. The van der Waals surface area contributed by atoms with Crippen LogP contribution in [0.5, 0.6) is 0 Å². The Kier molecular flexibility index (Phi) is 3.66. The van der Waals surface area contributed by atoms with Gasteiger partial charge < -0.3 is 4.57 Å². The number of imidazole rings is 1. The van der Waals surface area contributed by atoms with E-state index in [0.29, 0.717) is 5.56 Å². The highest BCUT2D eigenvalue weighted by Gasteiger charge is 2.21. The number of rotatable bonds is 3. The van der Waals surface area contributed by atoms with Gasteiger partial charge in [0.1, 0.15) is 10.8 Å². The number of nitrogens with zero attached hydrogens (tertiary/aromatic N) is 4. The number of benzene rings is 1. The van der Waals surface area contributed by atoms with Crippen LogP contribution in [0.3, 0.4) is 0 Å². The molecule has 0 fully saturated rings. The van der Waals surface area contributed by atoms with Crippen LogP contribution < -0.4 is 0 Å². The molecule has 0 spiro atoms. The van der Waals surface area contributed by atoms with Crippen LogP contribution in [0.1, 0.15) is 41.7 Å². The lowest BCUT2D eigenvalue weighted by Crippen LogP contribution is -2.11. The largest absolute Gasteiger partial charge is 0.317 e. The van der Waals surface area contributed by atoms with Gasteiger partial charge in [0.05, 0.1) is 34.1 Å². The average Bonchev–Trinajstić information content (AvgIpc) is 3.13. The van der Waals surface area contributed by atoms with E-state index in [1.807, 2.05) is 24.4 Å². The highest BCUT2D eigenvalue weighted by Crippen LogP contribution is 2.32. The quantitative estimate of drug-likeness (QED) is 0.678. The van der Waals surface area contributed by atoms with Crippen LogP contribution >= 0.6 is 22.9 Å². The van der Waals surface area contributed by atoms with Crippen LogP contribution in [0, 0.1) is 11.3 Å². The number of hydrogen-bond acceptors (Lipinski definition) is 4. The Hall–Kier alpha value is -1.90. The monoisotopic (exact) mass is 316 g/mol. The molecule has 0 bridgehead atoms. The third-order valence-corrected chi connectivity index (χ3v) is 4.54. The molecular weight excluding hydrogens is 304 g/mol. The van der Waals surface area contributed by atoms with Gasteiger partial charge in [0.2, 0.25) is 0 Å². The molecule has 21 heavy (non-hydrogen) atoms. The molecule has 6 heteroatoms. The fraction of sp³-hybridized carbons (Fsp3) is 0.267. The predicted octanol–water partition coefficient (Wildman–Crippen LogP) is 4.27. The van der Waals surface area contributed by atoms with E-state index < -0.39 is 0 Å². The fourth-order valence-corrected chi connectivity index (χ4v) is 3.26. The van der Waals surface area contributed by atoms with E-state index in [2.05, 4.69) is 27.5 Å². The van der Waals surface area contributed by atoms with Gasteiger partial charge in [-0.2, -0.15) is 5.26 Å². The highest BCUT2D eigenvalue weighted by atomic mass is 35.5. The number of halogens is 1. The maximum absolute atomic E-state index is 9.11. The molecular formula is C15H13ClN4S. The maximum Gasteiger partial charge on any atom is 0.128 e. The molecule has 3 rings (SSSR count). The van der Waals surface area contributed by atoms with E-state index in [4.69, 9.17) is 16.9 Å². The van der Waals surface area contributed by atoms with Gasteiger partial charge >= 0.3 is 0 Å². The molecule has 2 unspecified atom stereocenters. The molecule has 2 heterocycles. The molecule has 106 valence electrons. The number of alkyl halides is 1. The van der Waals surface area contributed by atoms with Crippen molar-refractivity contribution in [1.29, 1.82) is 5.26 Å². The Bertz CT molecular complexity index is 814. The summed E-state index contributed by atoms with van der Waals surface area (Å²) in [5.41, 5.74) is 2.38. The molecule has 0 saturated heterocycles. The number of hydrogen-bond donors (Lipinski definition) is 0. The van der Waals surface area contributed by atoms with E-state index in [1.165, 1.54) is 0 Å². The van der Waals surface area contributed by atoms with E-state index >= 15 is 0 Å². The number of fused-ring (bicyclic) bond motifs is 1. The molecule has 3 aromatic rings. The summed E-state index contributed by atoms with van der Waals surface area (Å²) >= 11 is 7.89. The minimum atomic E-state index is -0.217. The van der Waals surface area contributed by atoms with E-state index in [1.54, 1.807) is 23.6 Å². The van der Waals surface area contributed by atoms with Crippen molar-refractivity contribution in [2.24, 2.45) is 0 Å². The number of thiazole rings is 1. The summed E-state index contributed by atoms with van der Waals surface area (Å²) in [6.07, 6.45) is 1.79. The van der Waals surface area contributed by atoms with E-state index in [-0.39, 0.29) is 11.4 Å². The first-order chi connectivity index (χ1) is 10.1. The smallest absolute Gasteiger partial charge is 0.128 e. The molecule has 4 nitrogen and oxygen atoms in total. The van der Waals surface area contributed by atoms with Gasteiger partial charge in [0.15, 0.2) is 0 Å². The van der Waals surface area contributed by atoms with E-state index in [9.17, 15) is 0 Å². The minimum absolute atomic E-state index is 0.0279. The molecule has 0 radical (unpaired) electrons. The van der Waals surface area contributed by atoms with Gasteiger partial charge in [0.25, 0.3) is 0 Å². The average molecular weight is 317 g/mol. The second-order valence-corrected chi connectivity index (χ2v) is 6.40. The lowest BCUT2D eigenvalue weighted by atomic mass is 10.2. The zero-order chi connectivity index (χ0) is 15.0. The summed E-state index contributed by atoms with van der Waals surface area (Å²) in [6.45, 7) is 3.97. The van der Waals surface area contributed by atoms with Crippen molar-refractivity contribution in [1.82, 2.24) is 14.5 Å².